The first-order valence-corrected chi connectivity index (χ1v) is 11.1. The number of benzene rings is 3. The number of fused-ring (bicyclic) bond motifs is 1. The molecule has 0 unspecified atom stereocenters. The topological polar surface area (TPSA) is 74.3 Å². The van der Waals surface area contributed by atoms with Crippen LogP contribution in [0.2, 0.25) is 0 Å². The lowest BCUT2D eigenvalue weighted by Gasteiger charge is -2.14. The zero-order chi connectivity index (χ0) is 24.2. The van der Waals surface area contributed by atoms with E-state index in [0.29, 0.717) is 23.5 Å². The molecule has 4 rings (SSSR count). The molecule has 0 aliphatic heterocycles. The van der Waals surface area contributed by atoms with Crippen LogP contribution in [0.15, 0.2) is 72.8 Å². The monoisotopic (exact) mass is 452 g/mol. The highest BCUT2D eigenvalue weighted by atomic mass is 16.2. The molecule has 0 aliphatic carbocycles. The highest BCUT2D eigenvalue weighted by Crippen LogP contribution is 2.27. The Bertz CT molecular complexity index is 1340. The summed E-state index contributed by atoms with van der Waals surface area (Å²) in [6.45, 7) is 3.91. The molecule has 4 aromatic rings. The van der Waals surface area contributed by atoms with Crippen LogP contribution in [0.5, 0.6) is 0 Å². The molecule has 172 valence electrons. The summed E-state index contributed by atoms with van der Waals surface area (Å²) in [6, 6.07) is 23.3. The molecule has 0 radical (unpaired) electrons. The van der Waals surface area contributed by atoms with Crippen LogP contribution in [0, 0.1) is 6.92 Å². The second-order valence-corrected chi connectivity index (χ2v) is 8.58. The van der Waals surface area contributed by atoms with Crippen LogP contribution < -0.4 is 15.5 Å². The standard InChI is InChI=1S/C28H28N4O2/c1-18-5-14-26-24(15-18)25(28(34)29-17-20-6-12-23(13-7-20)32(3)4)16-27(31-26)21-8-10-22(11-9-21)30-19(2)33/h5-16H,17H2,1-4H3,(H,29,34)(H,30,33). The fourth-order valence-electron chi connectivity index (χ4n) is 3.79. The maximum absolute atomic E-state index is 13.3. The van der Waals surface area contributed by atoms with Gasteiger partial charge in [0.1, 0.15) is 0 Å². The molecule has 1 aromatic heterocycles. The third kappa shape index (κ3) is 5.23. The molecule has 0 spiro atoms. The summed E-state index contributed by atoms with van der Waals surface area (Å²) in [5.74, 6) is -0.270. The first-order valence-electron chi connectivity index (χ1n) is 11.1. The summed E-state index contributed by atoms with van der Waals surface area (Å²) in [5, 5.41) is 6.64. The third-order valence-electron chi connectivity index (χ3n) is 5.62. The number of carbonyl (C=O) groups excluding carboxylic acids is 2. The Morgan fingerprint density at radius 1 is 0.912 bits per heavy atom. The molecule has 0 fully saturated rings. The van der Waals surface area contributed by atoms with Crippen molar-refractivity contribution in [3.63, 3.8) is 0 Å². The van der Waals surface area contributed by atoms with Crippen LogP contribution in [0.25, 0.3) is 22.2 Å². The van der Waals surface area contributed by atoms with E-state index in [-0.39, 0.29) is 11.8 Å². The van der Waals surface area contributed by atoms with Crippen molar-refractivity contribution in [1.82, 2.24) is 10.3 Å². The van der Waals surface area contributed by atoms with Gasteiger partial charge >= 0.3 is 0 Å². The second-order valence-electron chi connectivity index (χ2n) is 8.58. The Kier molecular flexibility index (Phi) is 6.59. The van der Waals surface area contributed by atoms with Crippen LogP contribution in [-0.2, 0) is 11.3 Å². The third-order valence-corrected chi connectivity index (χ3v) is 5.62. The summed E-state index contributed by atoms with van der Waals surface area (Å²) in [7, 11) is 4.00. The van der Waals surface area contributed by atoms with Gasteiger partial charge in [0, 0.05) is 49.9 Å². The average molecular weight is 453 g/mol. The predicted octanol–water partition coefficient (Wildman–Crippen LogP) is 5.16. The van der Waals surface area contributed by atoms with Crippen molar-refractivity contribution in [2.24, 2.45) is 0 Å². The first kappa shape index (κ1) is 23.0. The molecule has 3 aromatic carbocycles. The van der Waals surface area contributed by atoms with Crippen molar-refractivity contribution < 1.29 is 9.59 Å². The van der Waals surface area contributed by atoms with Crippen molar-refractivity contribution >= 4 is 34.1 Å². The van der Waals surface area contributed by atoms with Crippen LogP contribution >= 0.6 is 0 Å². The minimum atomic E-state index is -0.147. The summed E-state index contributed by atoms with van der Waals surface area (Å²) in [6.07, 6.45) is 0. The maximum Gasteiger partial charge on any atom is 0.252 e. The Balaban J connectivity index is 1.64. The van der Waals surface area contributed by atoms with Gasteiger partial charge in [0.05, 0.1) is 16.8 Å². The summed E-state index contributed by atoms with van der Waals surface area (Å²) in [5.41, 5.74) is 6.83. The molecular weight excluding hydrogens is 424 g/mol. The van der Waals surface area contributed by atoms with Crippen molar-refractivity contribution in [2.75, 3.05) is 24.3 Å². The van der Waals surface area contributed by atoms with Gasteiger partial charge in [-0.15, -0.1) is 0 Å². The quantitative estimate of drug-likeness (QED) is 0.424. The molecule has 0 atom stereocenters. The van der Waals surface area contributed by atoms with Crippen LogP contribution in [-0.4, -0.2) is 30.9 Å². The number of nitrogens with one attached hydrogen (secondary N) is 2. The molecule has 0 bridgehead atoms. The van der Waals surface area contributed by atoms with E-state index >= 15 is 0 Å². The van der Waals surface area contributed by atoms with Crippen molar-refractivity contribution in [3.05, 3.63) is 89.5 Å². The van der Waals surface area contributed by atoms with Gasteiger partial charge in [-0.25, -0.2) is 4.98 Å². The smallest absolute Gasteiger partial charge is 0.252 e. The van der Waals surface area contributed by atoms with E-state index in [0.717, 1.165) is 33.3 Å². The van der Waals surface area contributed by atoms with Crippen LogP contribution in [0.3, 0.4) is 0 Å². The summed E-state index contributed by atoms with van der Waals surface area (Å²) < 4.78 is 0. The largest absolute Gasteiger partial charge is 0.378 e. The van der Waals surface area contributed by atoms with E-state index in [1.807, 2.05) is 98.7 Å². The Morgan fingerprint density at radius 2 is 1.62 bits per heavy atom. The Morgan fingerprint density at radius 3 is 2.26 bits per heavy atom. The number of anilines is 2. The van der Waals surface area contributed by atoms with Crippen molar-refractivity contribution in [1.29, 1.82) is 0 Å². The van der Waals surface area contributed by atoms with Crippen molar-refractivity contribution in [3.8, 4) is 11.3 Å². The number of hydrogen-bond donors (Lipinski definition) is 2. The average Bonchev–Trinajstić information content (AvgIpc) is 2.82. The molecule has 2 amide bonds. The molecule has 0 saturated carbocycles. The van der Waals surface area contributed by atoms with Gasteiger partial charge in [-0.05, 0) is 55.0 Å². The van der Waals surface area contributed by atoms with Gasteiger partial charge < -0.3 is 15.5 Å². The fraction of sp³-hybridized carbons (Fsp3) is 0.179. The Labute approximate surface area is 199 Å². The normalized spacial score (nSPS) is 10.7. The van der Waals surface area contributed by atoms with Gasteiger partial charge in [0.15, 0.2) is 0 Å². The molecule has 1 heterocycles. The fourth-order valence-corrected chi connectivity index (χ4v) is 3.79. The molecule has 6 nitrogen and oxygen atoms in total. The van der Waals surface area contributed by atoms with Gasteiger partial charge in [0.25, 0.3) is 5.91 Å². The number of carbonyl (C=O) groups is 2. The molecule has 2 N–H and O–H groups in total. The number of rotatable bonds is 6. The zero-order valence-corrected chi connectivity index (χ0v) is 19.8. The van der Waals surface area contributed by atoms with Gasteiger partial charge in [-0.2, -0.15) is 0 Å². The minimum absolute atomic E-state index is 0.123. The molecule has 6 heteroatoms. The molecule has 0 aliphatic rings. The lowest BCUT2D eigenvalue weighted by molar-refractivity contribution is -0.114. The van der Waals surface area contributed by atoms with Gasteiger partial charge in [-0.3, -0.25) is 9.59 Å². The van der Waals surface area contributed by atoms with Crippen LogP contribution in [0.1, 0.15) is 28.4 Å². The van der Waals surface area contributed by atoms with Crippen LogP contribution in [0.4, 0.5) is 11.4 Å². The molecule has 0 saturated heterocycles. The SMILES string of the molecule is CC(=O)Nc1ccc(-c2cc(C(=O)NCc3ccc(N(C)C)cc3)c3cc(C)ccc3n2)cc1. The van der Waals surface area contributed by atoms with Gasteiger partial charge in [-0.1, -0.05) is 35.9 Å². The lowest BCUT2D eigenvalue weighted by atomic mass is 10.0. The molecule has 34 heavy (non-hydrogen) atoms. The minimum Gasteiger partial charge on any atom is -0.378 e. The number of nitrogens with zero attached hydrogens (tertiary/aromatic N) is 2. The van der Waals surface area contributed by atoms with Crippen molar-refractivity contribution in [2.45, 2.75) is 20.4 Å². The number of hydrogen-bond acceptors (Lipinski definition) is 4. The maximum atomic E-state index is 13.3. The lowest BCUT2D eigenvalue weighted by Crippen LogP contribution is -2.23. The molecular formula is C28H28N4O2. The first-order chi connectivity index (χ1) is 16.3. The number of pyridine rings is 1. The van der Waals surface area contributed by atoms with E-state index in [1.165, 1.54) is 6.92 Å². The van der Waals surface area contributed by atoms with E-state index in [1.54, 1.807) is 0 Å². The van der Waals surface area contributed by atoms with E-state index < -0.39 is 0 Å². The van der Waals surface area contributed by atoms with E-state index in [9.17, 15) is 9.59 Å². The number of aromatic nitrogens is 1. The predicted molar refractivity (Wildman–Crippen MR) is 138 cm³/mol. The number of aryl methyl sites for hydroxylation is 1. The summed E-state index contributed by atoms with van der Waals surface area (Å²) in [4.78, 5) is 31.4. The zero-order valence-electron chi connectivity index (χ0n) is 19.8. The summed E-state index contributed by atoms with van der Waals surface area (Å²) >= 11 is 0. The highest BCUT2D eigenvalue weighted by Gasteiger charge is 2.15. The Hall–Kier alpha value is -4.19. The second kappa shape index (κ2) is 9.75. The van der Waals surface area contributed by atoms with E-state index in [2.05, 4.69) is 10.6 Å². The number of amides is 2. The highest BCUT2D eigenvalue weighted by molar-refractivity contribution is 6.07. The van der Waals surface area contributed by atoms with Gasteiger partial charge in [0.2, 0.25) is 5.91 Å². The van der Waals surface area contributed by atoms with E-state index in [4.69, 9.17) is 4.98 Å².